The molecule has 3 N–H and O–H groups in total. The molecule has 3 aromatic rings. The molecule has 0 radical (unpaired) electrons. The minimum Gasteiger partial charge on any atom is -0.493 e. The van der Waals surface area contributed by atoms with E-state index in [2.05, 4.69) is 66.0 Å². The number of fused-ring (bicyclic) bond motifs is 1. The molecule has 0 saturated heterocycles. The highest BCUT2D eigenvalue weighted by atomic mass is 32.1. The highest BCUT2D eigenvalue weighted by Gasteiger charge is 2.20. The Morgan fingerprint density at radius 2 is 1.93 bits per heavy atom. The quantitative estimate of drug-likeness (QED) is 0.474. The first-order chi connectivity index (χ1) is 14.0. The summed E-state index contributed by atoms with van der Waals surface area (Å²) >= 11 is 5.45. The molecule has 0 saturated carbocycles. The van der Waals surface area contributed by atoms with Gasteiger partial charge in [0.05, 0.1) is 13.7 Å². The van der Waals surface area contributed by atoms with E-state index in [-0.39, 0.29) is 12.0 Å². The zero-order valence-corrected chi connectivity index (χ0v) is 18.2. The zero-order valence-electron chi connectivity index (χ0n) is 17.4. The van der Waals surface area contributed by atoms with Gasteiger partial charge < -0.3 is 25.1 Å². The molecule has 5 nitrogen and oxygen atoms in total. The highest BCUT2D eigenvalue weighted by molar-refractivity contribution is 7.80. The molecular formula is C23H29N3O2S. The monoisotopic (exact) mass is 411 g/mol. The van der Waals surface area contributed by atoms with Gasteiger partial charge in [0, 0.05) is 35.6 Å². The van der Waals surface area contributed by atoms with Gasteiger partial charge in [0.1, 0.15) is 0 Å². The average molecular weight is 412 g/mol. The molecule has 2 aromatic carbocycles. The molecule has 1 aromatic heterocycles. The lowest BCUT2D eigenvalue weighted by Crippen LogP contribution is -2.41. The van der Waals surface area contributed by atoms with E-state index >= 15 is 0 Å². The first-order valence-corrected chi connectivity index (χ1v) is 10.3. The van der Waals surface area contributed by atoms with Gasteiger partial charge in [-0.15, -0.1) is 0 Å². The maximum atomic E-state index is 5.69. The van der Waals surface area contributed by atoms with Crippen molar-refractivity contribution in [3.05, 3.63) is 59.8 Å². The van der Waals surface area contributed by atoms with Gasteiger partial charge in [0.25, 0.3) is 0 Å². The predicted octanol–water partition coefficient (Wildman–Crippen LogP) is 4.58. The summed E-state index contributed by atoms with van der Waals surface area (Å²) in [4.78, 5) is 3.39. The average Bonchev–Trinajstić information content (AvgIpc) is 3.13. The number of benzene rings is 2. The van der Waals surface area contributed by atoms with E-state index in [1.54, 1.807) is 7.11 Å². The summed E-state index contributed by atoms with van der Waals surface area (Å²) in [6, 6.07) is 14.7. The fourth-order valence-electron chi connectivity index (χ4n) is 3.47. The second-order valence-electron chi connectivity index (χ2n) is 7.19. The minimum absolute atomic E-state index is 0.0858. The molecule has 0 aliphatic carbocycles. The van der Waals surface area contributed by atoms with Crippen LogP contribution in [-0.2, 0) is 0 Å². The number of rotatable bonds is 8. The van der Waals surface area contributed by atoms with Crippen molar-refractivity contribution in [2.24, 2.45) is 0 Å². The van der Waals surface area contributed by atoms with Gasteiger partial charge in [-0.05, 0) is 62.3 Å². The standard InChI is InChI=1S/C23H29N3O2S/c1-5-28-21-11-10-16(12-22(21)27-4)18(13-25-23(29)26-15(2)3)19-14-24-20-9-7-6-8-17(19)20/h6-12,14-15,18,24H,5,13H2,1-4H3,(H2,25,26,29)/t18-/m0/s1. The number of para-hydroxylation sites is 1. The summed E-state index contributed by atoms with van der Waals surface area (Å²) < 4.78 is 11.3. The van der Waals surface area contributed by atoms with Crippen LogP contribution in [0.25, 0.3) is 10.9 Å². The van der Waals surface area contributed by atoms with E-state index in [9.17, 15) is 0 Å². The molecule has 154 valence electrons. The molecule has 0 bridgehead atoms. The molecule has 6 heteroatoms. The van der Waals surface area contributed by atoms with Crippen LogP contribution in [0.4, 0.5) is 0 Å². The van der Waals surface area contributed by atoms with Crippen LogP contribution in [0.15, 0.2) is 48.7 Å². The third-order valence-electron chi connectivity index (χ3n) is 4.77. The van der Waals surface area contributed by atoms with E-state index < -0.39 is 0 Å². The van der Waals surface area contributed by atoms with Crippen molar-refractivity contribution >= 4 is 28.2 Å². The molecule has 0 unspecified atom stereocenters. The van der Waals surface area contributed by atoms with Crippen molar-refractivity contribution in [1.29, 1.82) is 0 Å². The first kappa shape index (κ1) is 21.0. The van der Waals surface area contributed by atoms with Crippen LogP contribution in [0.3, 0.4) is 0 Å². The Balaban J connectivity index is 1.97. The van der Waals surface area contributed by atoms with Crippen molar-refractivity contribution in [2.45, 2.75) is 32.7 Å². The van der Waals surface area contributed by atoms with Gasteiger partial charge in [-0.3, -0.25) is 0 Å². The lowest BCUT2D eigenvalue weighted by Gasteiger charge is -2.21. The lowest BCUT2D eigenvalue weighted by atomic mass is 9.90. The van der Waals surface area contributed by atoms with Crippen molar-refractivity contribution in [2.75, 3.05) is 20.3 Å². The van der Waals surface area contributed by atoms with Crippen LogP contribution in [0.2, 0.25) is 0 Å². The van der Waals surface area contributed by atoms with Crippen LogP contribution in [0.1, 0.15) is 37.8 Å². The summed E-state index contributed by atoms with van der Waals surface area (Å²) in [6.45, 7) is 7.37. The van der Waals surface area contributed by atoms with Gasteiger partial charge in [-0.2, -0.15) is 0 Å². The number of thiocarbonyl (C=S) groups is 1. The third kappa shape index (κ3) is 5.01. The van der Waals surface area contributed by atoms with Gasteiger partial charge >= 0.3 is 0 Å². The summed E-state index contributed by atoms with van der Waals surface area (Å²) in [6.07, 6.45) is 2.08. The first-order valence-electron chi connectivity index (χ1n) is 9.94. The molecular weight excluding hydrogens is 382 g/mol. The number of aromatic amines is 1. The Morgan fingerprint density at radius 1 is 1.14 bits per heavy atom. The third-order valence-corrected chi connectivity index (χ3v) is 5.04. The number of hydrogen-bond donors (Lipinski definition) is 3. The Labute approximate surface area is 177 Å². The van der Waals surface area contributed by atoms with Crippen molar-refractivity contribution in [3.8, 4) is 11.5 Å². The molecule has 3 rings (SSSR count). The minimum atomic E-state index is 0.0858. The Kier molecular flexibility index (Phi) is 6.99. The van der Waals surface area contributed by atoms with Crippen LogP contribution < -0.4 is 20.1 Å². The Bertz CT molecular complexity index is 968. The molecule has 1 heterocycles. The second kappa shape index (κ2) is 9.65. The number of nitrogens with one attached hydrogen (secondary N) is 3. The lowest BCUT2D eigenvalue weighted by molar-refractivity contribution is 0.310. The fourth-order valence-corrected chi connectivity index (χ4v) is 3.79. The van der Waals surface area contributed by atoms with E-state index in [1.807, 2.05) is 19.1 Å². The smallest absolute Gasteiger partial charge is 0.166 e. The summed E-state index contributed by atoms with van der Waals surface area (Å²) in [7, 11) is 1.67. The molecule has 29 heavy (non-hydrogen) atoms. The zero-order chi connectivity index (χ0) is 20.8. The van der Waals surface area contributed by atoms with Gasteiger partial charge in [0.15, 0.2) is 16.6 Å². The van der Waals surface area contributed by atoms with Gasteiger partial charge in [-0.25, -0.2) is 0 Å². The number of aromatic nitrogens is 1. The van der Waals surface area contributed by atoms with Crippen LogP contribution in [0, 0.1) is 0 Å². The maximum absolute atomic E-state index is 5.69. The molecule has 0 spiro atoms. The molecule has 0 amide bonds. The number of hydrogen-bond acceptors (Lipinski definition) is 3. The largest absolute Gasteiger partial charge is 0.493 e. The fraction of sp³-hybridized carbons (Fsp3) is 0.348. The van der Waals surface area contributed by atoms with Crippen LogP contribution in [0.5, 0.6) is 11.5 Å². The van der Waals surface area contributed by atoms with Gasteiger partial charge in [0.2, 0.25) is 0 Å². The highest BCUT2D eigenvalue weighted by Crippen LogP contribution is 2.35. The van der Waals surface area contributed by atoms with E-state index in [1.165, 1.54) is 10.9 Å². The normalized spacial score (nSPS) is 12.0. The summed E-state index contributed by atoms with van der Waals surface area (Å²) in [5.41, 5.74) is 3.47. The van der Waals surface area contributed by atoms with Crippen molar-refractivity contribution in [3.63, 3.8) is 0 Å². The molecule has 0 fully saturated rings. The maximum Gasteiger partial charge on any atom is 0.166 e. The molecule has 1 atom stereocenters. The second-order valence-corrected chi connectivity index (χ2v) is 7.60. The van der Waals surface area contributed by atoms with E-state index in [0.717, 1.165) is 22.6 Å². The number of ether oxygens (including phenoxy) is 2. The topological polar surface area (TPSA) is 58.3 Å². The van der Waals surface area contributed by atoms with Gasteiger partial charge in [-0.1, -0.05) is 24.3 Å². The van der Waals surface area contributed by atoms with Crippen molar-refractivity contribution in [1.82, 2.24) is 15.6 Å². The molecule has 0 aliphatic rings. The summed E-state index contributed by atoms with van der Waals surface area (Å²) in [5.74, 6) is 1.57. The Morgan fingerprint density at radius 3 is 2.66 bits per heavy atom. The van der Waals surface area contributed by atoms with E-state index in [4.69, 9.17) is 21.7 Å². The molecule has 0 aliphatic heterocycles. The van der Waals surface area contributed by atoms with Crippen LogP contribution in [-0.4, -0.2) is 36.4 Å². The summed E-state index contributed by atoms with van der Waals surface area (Å²) in [5, 5.41) is 8.48. The van der Waals surface area contributed by atoms with Crippen molar-refractivity contribution < 1.29 is 9.47 Å². The van der Waals surface area contributed by atoms with Crippen LogP contribution >= 0.6 is 12.2 Å². The van der Waals surface area contributed by atoms with E-state index in [0.29, 0.717) is 18.3 Å². The predicted molar refractivity (Wildman–Crippen MR) is 123 cm³/mol. The number of methoxy groups -OCH3 is 1. The number of H-pyrrole nitrogens is 1. The Hall–Kier alpha value is -2.73. The SMILES string of the molecule is CCOc1ccc([C@H](CNC(=S)NC(C)C)c2c[nH]c3ccccc23)cc1OC.